The lowest BCUT2D eigenvalue weighted by Crippen LogP contribution is -2.42. The number of rotatable bonds is 9. The predicted molar refractivity (Wildman–Crippen MR) is 533 cm³/mol. The van der Waals surface area contributed by atoms with Crippen molar-refractivity contribution < 1.29 is 31.7 Å². The molecule has 0 saturated heterocycles. The van der Waals surface area contributed by atoms with E-state index in [0.717, 1.165) is 167 Å². The zero-order valence-corrected chi connectivity index (χ0v) is 77.1. The summed E-state index contributed by atoms with van der Waals surface area (Å²) >= 11 is 0. The third kappa shape index (κ3) is 13.5. The molecule has 0 spiro atoms. The Morgan fingerprint density at radius 1 is 0.241 bits per heavy atom. The number of nitrogens with zero attached hydrogens (tertiary/aromatic N) is 23. The molecular weight excluding hydrogens is 1660 g/mol. The lowest BCUT2D eigenvalue weighted by molar-refractivity contribution is 0.597. The van der Waals surface area contributed by atoms with Gasteiger partial charge in [0.25, 0.3) is 0 Å². The Morgan fingerprint density at radius 2 is 0.459 bits per heavy atom. The van der Waals surface area contributed by atoms with Crippen LogP contribution in [0.1, 0.15) is 127 Å². The Hall–Kier alpha value is -15.6. The fraction of sp³-hybridized carbons (Fsp3) is 0.267. The number of aryl methyl sites for hydroxylation is 5. The van der Waals surface area contributed by atoms with E-state index in [9.17, 15) is 0 Å². The molecule has 20 aromatic rings. The minimum absolute atomic E-state index is 0.0807. The third-order valence-corrected chi connectivity index (χ3v) is 25.7. The monoisotopic (exact) mass is 1770 g/mol. The summed E-state index contributed by atoms with van der Waals surface area (Å²) < 4.78 is 89.5. The highest BCUT2D eigenvalue weighted by atomic mass is 16.4. The van der Waals surface area contributed by atoms with E-state index in [1.165, 1.54) is 11.1 Å². The van der Waals surface area contributed by atoms with Gasteiger partial charge in [-0.25, -0.2) is 64.8 Å². The van der Waals surface area contributed by atoms with Crippen molar-refractivity contribution in [1.82, 2.24) is 64.8 Å². The summed E-state index contributed by atoms with van der Waals surface area (Å²) in [4.78, 5) is 78.1. The van der Waals surface area contributed by atoms with Gasteiger partial charge >= 0.3 is 0 Å². The Morgan fingerprint density at radius 3 is 0.737 bits per heavy atom. The molecule has 133 heavy (non-hydrogen) atoms. The number of anilines is 15. The average molecular weight is 1770 g/mol. The van der Waals surface area contributed by atoms with Crippen LogP contribution in [0.15, 0.2) is 248 Å². The Bertz CT molecular complexity index is 7180. The largest absolute Gasteiger partial charge is 0.435 e. The maximum absolute atomic E-state index is 8.67. The van der Waals surface area contributed by atoms with Gasteiger partial charge < -0.3 is 56.4 Å². The lowest BCUT2D eigenvalue weighted by Gasteiger charge is -2.33. The van der Waals surface area contributed by atoms with Gasteiger partial charge in [0.05, 0.1) is 45.3 Å². The van der Waals surface area contributed by atoms with E-state index in [1.54, 1.807) is 74.4 Å². The average Bonchev–Trinajstić information content (AvgIpc) is 1.59. The third-order valence-electron chi connectivity index (χ3n) is 25.7. The van der Waals surface area contributed by atoms with Gasteiger partial charge in [0.15, 0.2) is 74.5 Å². The molecule has 0 unspecified atom stereocenters. The smallest absolute Gasteiger partial charge is 0.227 e. The van der Waals surface area contributed by atoms with E-state index in [0.29, 0.717) is 57.4 Å². The van der Waals surface area contributed by atoms with Crippen molar-refractivity contribution >= 4 is 197 Å². The number of benzene rings is 5. The fourth-order valence-corrected chi connectivity index (χ4v) is 20.0. The molecule has 0 radical (unpaired) electrons. The van der Waals surface area contributed by atoms with Crippen molar-refractivity contribution in [2.45, 2.75) is 180 Å². The molecule has 25 rings (SSSR count). The van der Waals surface area contributed by atoms with Crippen LogP contribution in [0.3, 0.4) is 0 Å². The Balaban J connectivity index is 0.000000104. The van der Waals surface area contributed by atoms with Crippen LogP contribution >= 0.6 is 0 Å². The number of hydrogen-bond acceptors (Lipinski definition) is 28. The van der Waals surface area contributed by atoms with Gasteiger partial charge in [-0.2, -0.15) is 0 Å². The van der Waals surface area contributed by atoms with Crippen LogP contribution in [-0.4, -0.2) is 127 Å². The molecule has 20 heterocycles. The van der Waals surface area contributed by atoms with Gasteiger partial charge in [-0.1, -0.05) is 60.7 Å². The molecule has 5 aliphatic heterocycles. The standard InChI is InChI=1S/2C22H22N4O.2C21H21N5O.C19H17N5O/c2*1-13(2)25-15(4)26(18-8-6-11-23-21(18)25)19-14(3)9-10-16-17-7-5-12-24-22(17)27-20(16)19;2*1-12(2)25-14(4)26(20-19(25)22-10-11-23-20)17-13(3)7-8-15-16-6-5-9-24-21(16)27-18(15)17;1-11-6-7-13-14-5-4-8-22-19(14)25-16(13)15(11)24-12(2)23(3)17-18(24)21-10-9-20-17/h2*5-13,15H,1-4H3;2*5-12,14H,1-4H3;4-10,12H,1-3H3/t2*15-;2*14-;12-/m00000/s1/i2*13D;2*12D;3D3. The molecule has 15 aromatic heterocycles. The van der Waals surface area contributed by atoms with Gasteiger partial charge in [-0.15, -0.1) is 0 Å². The minimum Gasteiger partial charge on any atom is -0.435 e. The van der Waals surface area contributed by atoms with Crippen LogP contribution in [-0.2, 0) is 0 Å². The number of fused-ring (bicyclic) bond motifs is 20. The van der Waals surface area contributed by atoms with Crippen LogP contribution in [0.2, 0.25) is 0 Å². The summed E-state index contributed by atoms with van der Waals surface area (Å²) in [5, 5.41) is 9.96. The summed E-state index contributed by atoms with van der Waals surface area (Å²) in [7, 11) is 0. The van der Waals surface area contributed by atoms with E-state index >= 15 is 0 Å². The molecule has 668 valence electrons. The summed E-state index contributed by atoms with van der Waals surface area (Å²) in [5.74, 6) is 5.36. The molecule has 0 aliphatic carbocycles. The van der Waals surface area contributed by atoms with Crippen LogP contribution < -0.4 is 49.0 Å². The second kappa shape index (κ2) is 33.1. The van der Waals surface area contributed by atoms with Gasteiger partial charge in [0.2, 0.25) is 28.6 Å². The van der Waals surface area contributed by atoms with Crippen molar-refractivity contribution in [3.05, 3.63) is 254 Å². The van der Waals surface area contributed by atoms with Gasteiger partial charge in [0.1, 0.15) is 30.8 Å². The first-order valence-corrected chi connectivity index (χ1v) is 44.5. The first-order valence-electron chi connectivity index (χ1n) is 48.0. The number of aromatic nitrogens is 13. The normalized spacial score (nSPS) is 17.9. The first-order chi connectivity index (χ1) is 66.9. The molecular formula is C105H103N23O5. The van der Waals surface area contributed by atoms with Crippen molar-refractivity contribution in [3.8, 4) is 0 Å². The Kier molecular flexibility index (Phi) is 19.0. The number of hydrogen-bond donors (Lipinski definition) is 0. The molecule has 28 nitrogen and oxygen atoms in total. The topological polar surface area (TPSA) is 266 Å². The van der Waals surface area contributed by atoms with Crippen molar-refractivity contribution in [1.29, 1.82) is 0 Å². The molecule has 0 saturated carbocycles. The van der Waals surface area contributed by atoms with E-state index in [4.69, 9.17) is 31.7 Å². The Labute approximate surface area is 778 Å². The zero-order valence-electron chi connectivity index (χ0n) is 84.1. The first kappa shape index (κ1) is 76.3. The molecule has 0 bridgehead atoms. The van der Waals surface area contributed by atoms with E-state index in [2.05, 4.69) is 200 Å². The van der Waals surface area contributed by atoms with Gasteiger partial charge in [-0.3, -0.25) is 14.7 Å². The van der Waals surface area contributed by atoms with Gasteiger partial charge in [0, 0.05) is 170 Å². The molecule has 5 aromatic carbocycles. The molecule has 0 fully saturated rings. The number of pyridine rings is 7. The lowest BCUT2D eigenvalue weighted by atomic mass is 10.1. The van der Waals surface area contributed by atoms with Crippen LogP contribution in [0.5, 0.6) is 0 Å². The highest BCUT2D eigenvalue weighted by Crippen LogP contribution is 2.55. The minimum atomic E-state index is -2.35. The van der Waals surface area contributed by atoms with Crippen LogP contribution in [0.4, 0.5) is 86.4 Å². The molecule has 5 aliphatic rings. The SMILES string of the molecule is [2H]C(C)(C)N1c2ncccc2N(c2c(C)ccc3c2oc2ncccc23)[C@H]1C.[2H]C(C)(C)N1c2ncccc2N(c2c(C)ccc3c2oc2ncccc23)[C@H]1C.[2H]C(C)(C)N1c2nccnc2N(c2c(C)ccc3c2oc2ncccc23)[C@H]1C.[2H]C(C)(C)N1c2nccnc2N(c2c(C)ccc3c2oc2ncccc23)[C@H]1C.[2H]C([2H])([2H])N1c2nccnc2N(c2c(C)ccc3c2oc2ncccc23)[C@H]1C. The van der Waals surface area contributed by atoms with Crippen molar-refractivity contribution in [3.63, 3.8) is 0 Å². The summed E-state index contributed by atoms with van der Waals surface area (Å²) in [6.45, 7) is 33.1. The van der Waals surface area contributed by atoms with Gasteiger partial charge in [-0.05, 0) is 237 Å². The molecule has 28 heteroatoms. The summed E-state index contributed by atoms with van der Waals surface area (Å²) in [5.41, 5.74) is 18.9. The summed E-state index contributed by atoms with van der Waals surface area (Å²) in [6, 6.07) is 45.1. The molecule has 0 N–H and O–H groups in total. The highest BCUT2D eigenvalue weighted by Gasteiger charge is 2.45. The van der Waals surface area contributed by atoms with E-state index < -0.39 is 37.2 Å². The van der Waals surface area contributed by atoms with Crippen molar-refractivity contribution in [2.24, 2.45) is 0 Å². The van der Waals surface area contributed by atoms with Crippen molar-refractivity contribution in [2.75, 3.05) is 56.0 Å². The summed E-state index contributed by atoms with van der Waals surface area (Å²) in [6.07, 6.45) is 21.1. The van der Waals surface area contributed by atoms with E-state index in [-0.39, 0.29) is 24.7 Å². The van der Waals surface area contributed by atoms with Crippen LogP contribution in [0, 0.1) is 34.6 Å². The molecule has 5 atom stereocenters. The number of furan rings is 5. The molecule has 0 amide bonds. The predicted octanol–water partition coefficient (Wildman–Crippen LogP) is 24.4. The van der Waals surface area contributed by atoms with Crippen LogP contribution in [0.25, 0.3) is 110 Å². The highest BCUT2D eigenvalue weighted by molar-refractivity contribution is 6.15. The fourth-order valence-electron chi connectivity index (χ4n) is 20.0. The second-order valence-electron chi connectivity index (χ2n) is 34.8. The zero-order chi connectivity index (χ0) is 98.1. The second-order valence-corrected chi connectivity index (χ2v) is 34.8. The maximum Gasteiger partial charge on any atom is 0.227 e. The quantitative estimate of drug-likeness (QED) is 0.130. The maximum atomic E-state index is 8.67. The van der Waals surface area contributed by atoms with E-state index in [1.807, 2.05) is 179 Å².